The van der Waals surface area contributed by atoms with Crippen molar-refractivity contribution in [2.75, 3.05) is 31.2 Å². The van der Waals surface area contributed by atoms with Gasteiger partial charge < -0.3 is 19.5 Å². The Balaban J connectivity index is 1.52. The van der Waals surface area contributed by atoms with Crippen LogP contribution in [0.15, 0.2) is 54.7 Å². The molecule has 1 N–H and O–H groups in total. The summed E-state index contributed by atoms with van der Waals surface area (Å²) in [7, 11) is 0. The number of aromatic hydroxyl groups is 1. The van der Waals surface area contributed by atoms with Crippen molar-refractivity contribution in [3.63, 3.8) is 0 Å². The fourth-order valence-electron chi connectivity index (χ4n) is 2.83. The third-order valence-corrected chi connectivity index (χ3v) is 4.24. The van der Waals surface area contributed by atoms with E-state index >= 15 is 0 Å². The summed E-state index contributed by atoms with van der Waals surface area (Å²) in [4.78, 5) is 11.2. The minimum Gasteiger partial charge on any atom is -0.505 e. The molecule has 0 radical (unpaired) electrons. The summed E-state index contributed by atoms with van der Waals surface area (Å²) in [6.07, 6.45) is 1.78. The Labute approximate surface area is 155 Å². The number of ether oxygens (including phenoxy) is 2. The van der Waals surface area contributed by atoms with Crippen LogP contribution >= 0.6 is 0 Å². The van der Waals surface area contributed by atoms with E-state index in [1.165, 1.54) is 12.1 Å². The minimum absolute atomic E-state index is 0.305. The molecule has 0 atom stereocenters. The van der Waals surface area contributed by atoms with Gasteiger partial charge in [-0.25, -0.2) is 14.4 Å². The molecule has 1 saturated heterocycles. The van der Waals surface area contributed by atoms with Crippen LogP contribution in [0.5, 0.6) is 17.4 Å². The first kappa shape index (κ1) is 17.2. The van der Waals surface area contributed by atoms with Crippen molar-refractivity contribution in [1.82, 2.24) is 9.97 Å². The SMILES string of the molecule is Oc1cc(Oc2cccc(-c3ccc(N4CCOCC4)nc3)n2)ccc1F. The zero-order chi connectivity index (χ0) is 18.6. The maximum Gasteiger partial charge on any atom is 0.219 e. The van der Waals surface area contributed by atoms with Gasteiger partial charge in [0, 0.05) is 37.0 Å². The first-order valence-electron chi connectivity index (χ1n) is 8.61. The van der Waals surface area contributed by atoms with Gasteiger partial charge in [-0.1, -0.05) is 6.07 Å². The summed E-state index contributed by atoms with van der Waals surface area (Å²) in [5.74, 6) is 0.397. The highest BCUT2D eigenvalue weighted by atomic mass is 19.1. The van der Waals surface area contributed by atoms with Crippen molar-refractivity contribution >= 4 is 5.82 Å². The van der Waals surface area contributed by atoms with E-state index in [4.69, 9.17) is 9.47 Å². The summed E-state index contributed by atoms with van der Waals surface area (Å²) in [6.45, 7) is 3.09. The largest absolute Gasteiger partial charge is 0.505 e. The number of phenols is 1. The Morgan fingerprint density at radius 1 is 1.07 bits per heavy atom. The van der Waals surface area contributed by atoms with Gasteiger partial charge >= 0.3 is 0 Å². The Hall–Kier alpha value is -3.19. The molecule has 4 rings (SSSR count). The topological polar surface area (TPSA) is 67.7 Å². The van der Waals surface area contributed by atoms with E-state index in [2.05, 4.69) is 14.9 Å². The molecule has 0 spiro atoms. The predicted molar refractivity (Wildman–Crippen MR) is 98.6 cm³/mol. The van der Waals surface area contributed by atoms with E-state index in [0.29, 0.717) is 30.5 Å². The fraction of sp³-hybridized carbons (Fsp3) is 0.200. The molecule has 1 aromatic carbocycles. The van der Waals surface area contributed by atoms with Crippen LogP contribution in [0.1, 0.15) is 0 Å². The molecule has 3 aromatic rings. The molecule has 1 aliphatic heterocycles. The quantitative estimate of drug-likeness (QED) is 0.760. The fourth-order valence-corrected chi connectivity index (χ4v) is 2.83. The standard InChI is InChI=1S/C20H18FN3O3/c21-16-6-5-15(12-18(16)25)27-20-3-1-2-17(23-20)14-4-7-19(22-13-14)24-8-10-26-11-9-24/h1-7,12-13,25H,8-11H2. The lowest BCUT2D eigenvalue weighted by molar-refractivity contribution is 0.122. The van der Waals surface area contributed by atoms with E-state index in [1.54, 1.807) is 12.3 Å². The molecule has 7 heteroatoms. The molecule has 1 fully saturated rings. The maximum absolute atomic E-state index is 13.2. The first-order chi connectivity index (χ1) is 13.2. The lowest BCUT2D eigenvalue weighted by Crippen LogP contribution is -2.36. The van der Waals surface area contributed by atoms with E-state index in [0.717, 1.165) is 30.5 Å². The second kappa shape index (κ2) is 7.59. The van der Waals surface area contributed by atoms with Crippen LogP contribution < -0.4 is 9.64 Å². The molecule has 0 amide bonds. The number of anilines is 1. The number of rotatable bonds is 4. The summed E-state index contributed by atoms with van der Waals surface area (Å²) in [6, 6.07) is 13.1. The van der Waals surface area contributed by atoms with Gasteiger partial charge in [-0.15, -0.1) is 0 Å². The van der Waals surface area contributed by atoms with Gasteiger partial charge in [-0.2, -0.15) is 0 Å². The molecule has 0 unspecified atom stereocenters. The van der Waals surface area contributed by atoms with Crippen molar-refractivity contribution in [3.05, 3.63) is 60.5 Å². The summed E-state index contributed by atoms with van der Waals surface area (Å²) >= 11 is 0. The van der Waals surface area contributed by atoms with E-state index in [1.807, 2.05) is 24.3 Å². The summed E-state index contributed by atoms with van der Waals surface area (Å²) < 4.78 is 24.1. The van der Waals surface area contributed by atoms with Gasteiger partial charge in [-0.05, 0) is 30.3 Å². The zero-order valence-corrected chi connectivity index (χ0v) is 14.5. The number of phenolic OH excluding ortho intramolecular Hbond substituents is 1. The third-order valence-electron chi connectivity index (χ3n) is 4.24. The van der Waals surface area contributed by atoms with Crippen LogP contribution in [0.25, 0.3) is 11.3 Å². The number of hydrogen-bond donors (Lipinski definition) is 1. The van der Waals surface area contributed by atoms with Gasteiger partial charge in [0.25, 0.3) is 0 Å². The molecule has 3 heterocycles. The van der Waals surface area contributed by atoms with Crippen LogP contribution in [-0.4, -0.2) is 41.4 Å². The molecule has 0 bridgehead atoms. The Kier molecular flexibility index (Phi) is 4.84. The van der Waals surface area contributed by atoms with Crippen LogP contribution in [0, 0.1) is 5.82 Å². The van der Waals surface area contributed by atoms with Crippen LogP contribution in [0.2, 0.25) is 0 Å². The molecule has 27 heavy (non-hydrogen) atoms. The first-order valence-corrected chi connectivity index (χ1v) is 8.61. The van der Waals surface area contributed by atoms with Gasteiger partial charge in [0.1, 0.15) is 11.6 Å². The monoisotopic (exact) mass is 367 g/mol. The number of hydrogen-bond acceptors (Lipinski definition) is 6. The summed E-state index contributed by atoms with van der Waals surface area (Å²) in [5, 5.41) is 9.45. The Morgan fingerprint density at radius 2 is 1.93 bits per heavy atom. The van der Waals surface area contributed by atoms with E-state index < -0.39 is 11.6 Å². The number of morpholine rings is 1. The molecule has 1 aliphatic rings. The molecule has 138 valence electrons. The lowest BCUT2D eigenvalue weighted by Gasteiger charge is -2.27. The maximum atomic E-state index is 13.2. The third kappa shape index (κ3) is 3.98. The van der Waals surface area contributed by atoms with Gasteiger partial charge in [-0.3, -0.25) is 0 Å². The molecular weight excluding hydrogens is 349 g/mol. The highest BCUT2D eigenvalue weighted by molar-refractivity contribution is 5.60. The Morgan fingerprint density at radius 3 is 2.67 bits per heavy atom. The van der Waals surface area contributed by atoms with Crippen LogP contribution in [-0.2, 0) is 4.74 Å². The number of nitrogens with zero attached hydrogens (tertiary/aromatic N) is 3. The average molecular weight is 367 g/mol. The van der Waals surface area contributed by atoms with Gasteiger partial charge in [0.05, 0.1) is 18.9 Å². The molecule has 0 saturated carbocycles. The number of pyridine rings is 2. The normalized spacial score (nSPS) is 14.2. The van der Waals surface area contributed by atoms with E-state index in [-0.39, 0.29) is 0 Å². The average Bonchev–Trinajstić information content (AvgIpc) is 2.72. The van der Waals surface area contributed by atoms with Gasteiger partial charge in [0.15, 0.2) is 11.6 Å². The molecule has 6 nitrogen and oxygen atoms in total. The highest BCUT2D eigenvalue weighted by Gasteiger charge is 2.12. The highest BCUT2D eigenvalue weighted by Crippen LogP contribution is 2.27. The second-order valence-electron chi connectivity index (χ2n) is 6.08. The second-order valence-corrected chi connectivity index (χ2v) is 6.08. The smallest absolute Gasteiger partial charge is 0.219 e. The van der Waals surface area contributed by atoms with Crippen LogP contribution in [0.3, 0.4) is 0 Å². The van der Waals surface area contributed by atoms with Crippen molar-refractivity contribution in [1.29, 1.82) is 0 Å². The van der Waals surface area contributed by atoms with Gasteiger partial charge in [0.2, 0.25) is 5.88 Å². The minimum atomic E-state index is -0.699. The number of halogens is 1. The van der Waals surface area contributed by atoms with Crippen molar-refractivity contribution in [2.45, 2.75) is 0 Å². The van der Waals surface area contributed by atoms with Crippen LogP contribution in [0.4, 0.5) is 10.2 Å². The molecular formula is C20H18FN3O3. The predicted octanol–water partition coefficient (Wildman–Crippen LogP) is 3.62. The number of benzene rings is 1. The Bertz CT molecular complexity index is 928. The number of aromatic nitrogens is 2. The van der Waals surface area contributed by atoms with Crippen molar-refractivity contribution in [2.24, 2.45) is 0 Å². The summed E-state index contributed by atoms with van der Waals surface area (Å²) in [5.41, 5.74) is 1.57. The van der Waals surface area contributed by atoms with Crippen molar-refractivity contribution < 1.29 is 19.0 Å². The van der Waals surface area contributed by atoms with E-state index in [9.17, 15) is 9.50 Å². The van der Waals surface area contributed by atoms with Crippen molar-refractivity contribution in [3.8, 4) is 28.6 Å². The lowest BCUT2D eigenvalue weighted by atomic mass is 10.2. The zero-order valence-electron chi connectivity index (χ0n) is 14.5. The molecule has 2 aromatic heterocycles. The molecule has 0 aliphatic carbocycles.